The lowest BCUT2D eigenvalue weighted by Gasteiger charge is -2.46. The Kier molecular flexibility index (Phi) is 5.29. The quantitative estimate of drug-likeness (QED) is 0.577. The van der Waals surface area contributed by atoms with Crippen molar-refractivity contribution >= 4 is 11.9 Å². The number of carbonyl (C=O) groups is 2. The standard InChI is InChI=1S/C13H22FNO4/c1-9(16)18-6-5-15-12(14)7-11(19-10(2)17)8-13(15,3)4/h11-12H,5-8H2,1-4H3. The van der Waals surface area contributed by atoms with Crippen LogP contribution in [0.25, 0.3) is 0 Å². The summed E-state index contributed by atoms with van der Waals surface area (Å²) in [6.07, 6.45) is -0.882. The molecule has 6 heteroatoms. The first-order valence-electron chi connectivity index (χ1n) is 6.44. The SMILES string of the molecule is CC(=O)OCCN1C(F)CC(OC(C)=O)CC1(C)C. The van der Waals surface area contributed by atoms with Gasteiger partial charge in [-0.25, -0.2) is 4.39 Å². The molecule has 1 fully saturated rings. The maximum Gasteiger partial charge on any atom is 0.302 e. The van der Waals surface area contributed by atoms with Gasteiger partial charge in [-0.05, 0) is 13.8 Å². The number of likely N-dealkylation sites (tertiary alicyclic amines) is 1. The van der Waals surface area contributed by atoms with Crippen LogP contribution in [0.15, 0.2) is 0 Å². The van der Waals surface area contributed by atoms with Crippen LogP contribution in [0.2, 0.25) is 0 Å². The van der Waals surface area contributed by atoms with E-state index in [1.165, 1.54) is 13.8 Å². The number of halogens is 1. The molecule has 0 N–H and O–H groups in total. The van der Waals surface area contributed by atoms with Gasteiger partial charge in [0.15, 0.2) is 6.30 Å². The van der Waals surface area contributed by atoms with E-state index in [9.17, 15) is 14.0 Å². The molecular weight excluding hydrogens is 253 g/mol. The molecule has 19 heavy (non-hydrogen) atoms. The van der Waals surface area contributed by atoms with Crippen molar-refractivity contribution in [3.8, 4) is 0 Å². The van der Waals surface area contributed by atoms with Crippen molar-refractivity contribution in [3.63, 3.8) is 0 Å². The van der Waals surface area contributed by atoms with Crippen LogP contribution < -0.4 is 0 Å². The fraction of sp³-hybridized carbons (Fsp3) is 0.846. The second-order valence-corrected chi connectivity index (χ2v) is 5.45. The summed E-state index contributed by atoms with van der Waals surface area (Å²) in [5, 5.41) is 0. The molecule has 0 bridgehead atoms. The summed E-state index contributed by atoms with van der Waals surface area (Å²) >= 11 is 0. The maximum atomic E-state index is 14.2. The first-order chi connectivity index (χ1) is 8.72. The summed E-state index contributed by atoms with van der Waals surface area (Å²) in [7, 11) is 0. The monoisotopic (exact) mass is 275 g/mol. The van der Waals surface area contributed by atoms with E-state index in [0.717, 1.165) is 0 Å². The highest BCUT2D eigenvalue weighted by molar-refractivity contribution is 5.66. The molecule has 1 saturated heterocycles. The topological polar surface area (TPSA) is 55.8 Å². The number of esters is 2. The highest BCUT2D eigenvalue weighted by Gasteiger charge is 2.42. The number of nitrogens with zero attached hydrogens (tertiary/aromatic N) is 1. The normalized spacial score (nSPS) is 26.8. The van der Waals surface area contributed by atoms with Crippen molar-refractivity contribution < 1.29 is 23.5 Å². The third-order valence-electron chi connectivity index (χ3n) is 3.27. The number of ether oxygens (including phenoxy) is 2. The van der Waals surface area contributed by atoms with Crippen LogP contribution >= 0.6 is 0 Å². The maximum absolute atomic E-state index is 14.2. The number of alkyl halides is 1. The van der Waals surface area contributed by atoms with Gasteiger partial charge in [-0.2, -0.15) is 0 Å². The molecule has 110 valence electrons. The Morgan fingerprint density at radius 1 is 1.32 bits per heavy atom. The molecule has 0 saturated carbocycles. The average molecular weight is 275 g/mol. The summed E-state index contributed by atoms with van der Waals surface area (Å²) in [6, 6.07) is 0. The molecule has 0 aromatic rings. The summed E-state index contributed by atoms with van der Waals surface area (Å²) in [5.41, 5.74) is -0.446. The summed E-state index contributed by atoms with van der Waals surface area (Å²) in [5.74, 6) is -0.760. The largest absolute Gasteiger partial charge is 0.465 e. The molecule has 2 unspecified atom stereocenters. The Balaban J connectivity index is 2.58. The summed E-state index contributed by atoms with van der Waals surface area (Å²) < 4.78 is 24.1. The molecule has 2 atom stereocenters. The number of rotatable bonds is 4. The molecule has 0 radical (unpaired) electrons. The molecule has 0 aliphatic carbocycles. The fourth-order valence-corrected chi connectivity index (χ4v) is 2.54. The van der Waals surface area contributed by atoms with Gasteiger partial charge in [0.1, 0.15) is 12.7 Å². The Labute approximate surface area is 113 Å². The Morgan fingerprint density at radius 2 is 1.95 bits per heavy atom. The average Bonchev–Trinajstić information content (AvgIpc) is 2.19. The lowest BCUT2D eigenvalue weighted by molar-refractivity contribution is -0.161. The van der Waals surface area contributed by atoms with Gasteiger partial charge in [0, 0.05) is 38.8 Å². The van der Waals surface area contributed by atoms with Crippen molar-refractivity contribution in [2.45, 2.75) is 58.5 Å². The highest BCUT2D eigenvalue weighted by atomic mass is 19.1. The van der Waals surface area contributed by atoms with Crippen LogP contribution in [0.3, 0.4) is 0 Å². The van der Waals surface area contributed by atoms with E-state index >= 15 is 0 Å². The first-order valence-corrected chi connectivity index (χ1v) is 6.44. The van der Waals surface area contributed by atoms with Gasteiger partial charge in [0.05, 0.1) is 0 Å². The lowest BCUT2D eigenvalue weighted by Crippen LogP contribution is -2.56. The minimum absolute atomic E-state index is 0.156. The van der Waals surface area contributed by atoms with Crippen molar-refractivity contribution in [1.29, 1.82) is 0 Å². The minimum atomic E-state index is -1.20. The van der Waals surface area contributed by atoms with Crippen LogP contribution in [-0.2, 0) is 19.1 Å². The predicted octanol–water partition coefficient (Wildman–Crippen LogP) is 1.65. The fourth-order valence-electron chi connectivity index (χ4n) is 2.54. The van der Waals surface area contributed by atoms with Gasteiger partial charge < -0.3 is 9.47 Å². The number of carbonyl (C=O) groups excluding carboxylic acids is 2. The van der Waals surface area contributed by atoms with E-state index in [2.05, 4.69) is 0 Å². The second kappa shape index (κ2) is 6.32. The highest BCUT2D eigenvalue weighted by Crippen LogP contribution is 2.33. The Bertz CT molecular complexity index is 346. The van der Waals surface area contributed by atoms with E-state index in [1.807, 2.05) is 13.8 Å². The van der Waals surface area contributed by atoms with Crippen LogP contribution in [0.5, 0.6) is 0 Å². The molecule has 1 aliphatic heterocycles. The number of hydrogen-bond donors (Lipinski definition) is 0. The predicted molar refractivity (Wildman–Crippen MR) is 67.1 cm³/mol. The second-order valence-electron chi connectivity index (χ2n) is 5.45. The molecule has 0 spiro atoms. The molecular formula is C13H22FNO4. The molecule has 0 amide bonds. The van der Waals surface area contributed by atoms with Crippen LogP contribution in [0.4, 0.5) is 4.39 Å². The third-order valence-corrected chi connectivity index (χ3v) is 3.27. The van der Waals surface area contributed by atoms with Gasteiger partial charge in [0.2, 0.25) is 0 Å². The molecule has 1 heterocycles. The molecule has 1 rings (SSSR count). The number of piperidine rings is 1. The zero-order chi connectivity index (χ0) is 14.6. The van der Waals surface area contributed by atoms with Crippen LogP contribution in [0, 0.1) is 0 Å². The smallest absolute Gasteiger partial charge is 0.302 e. The van der Waals surface area contributed by atoms with Gasteiger partial charge >= 0.3 is 11.9 Å². The van der Waals surface area contributed by atoms with E-state index in [0.29, 0.717) is 13.0 Å². The van der Waals surface area contributed by atoms with Gasteiger partial charge in [-0.15, -0.1) is 0 Å². The molecule has 0 aromatic carbocycles. The van der Waals surface area contributed by atoms with E-state index in [4.69, 9.17) is 9.47 Å². The molecule has 5 nitrogen and oxygen atoms in total. The summed E-state index contributed by atoms with van der Waals surface area (Å²) in [6.45, 7) is 6.93. The molecule has 0 aromatic heterocycles. The van der Waals surface area contributed by atoms with Gasteiger partial charge in [-0.1, -0.05) is 0 Å². The van der Waals surface area contributed by atoms with Crippen molar-refractivity contribution in [2.75, 3.05) is 13.2 Å². The zero-order valence-corrected chi connectivity index (χ0v) is 11.9. The zero-order valence-electron chi connectivity index (χ0n) is 11.9. The first kappa shape index (κ1) is 15.9. The van der Waals surface area contributed by atoms with Crippen molar-refractivity contribution in [1.82, 2.24) is 4.90 Å². The van der Waals surface area contributed by atoms with Gasteiger partial charge in [0.25, 0.3) is 0 Å². The molecule has 1 aliphatic rings. The third kappa shape index (κ3) is 4.78. The van der Waals surface area contributed by atoms with Crippen molar-refractivity contribution in [3.05, 3.63) is 0 Å². The van der Waals surface area contributed by atoms with Crippen LogP contribution in [-0.4, -0.2) is 47.9 Å². The van der Waals surface area contributed by atoms with E-state index in [1.54, 1.807) is 4.90 Å². The van der Waals surface area contributed by atoms with Gasteiger partial charge in [-0.3, -0.25) is 14.5 Å². The van der Waals surface area contributed by atoms with E-state index < -0.39 is 17.9 Å². The Morgan fingerprint density at radius 3 is 2.42 bits per heavy atom. The number of hydrogen-bond acceptors (Lipinski definition) is 5. The minimum Gasteiger partial charge on any atom is -0.465 e. The van der Waals surface area contributed by atoms with Crippen LogP contribution in [0.1, 0.15) is 40.5 Å². The van der Waals surface area contributed by atoms with Crippen molar-refractivity contribution in [2.24, 2.45) is 0 Å². The van der Waals surface area contributed by atoms with E-state index in [-0.39, 0.29) is 25.0 Å². The lowest BCUT2D eigenvalue weighted by atomic mass is 9.88. The Hall–Kier alpha value is -1.17. The summed E-state index contributed by atoms with van der Waals surface area (Å²) in [4.78, 5) is 23.3.